The van der Waals surface area contributed by atoms with Crippen molar-refractivity contribution in [2.24, 2.45) is 0 Å². The fraction of sp³-hybridized carbons (Fsp3) is 0.318. The molecule has 2 aliphatic heterocycles. The van der Waals surface area contributed by atoms with Gasteiger partial charge in [-0.25, -0.2) is 4.98 Å². The number of rotatable bonds is 4. The lowest BCUT2D eigenvalue weighted by atomic mass is 10.1. The summed E-state index contributed by atoms with van der Waals surface area (Å²) in [6.07, 6.45) is 0.385. The minimum Gasteiger partial charge on any atom is -0.331 e. The molecule has 1 aromatic heterocycles. The summed E-state index contributed by atoms with van der Waals surface area (Å²) < 4.78 is 0. The number of amides is 2. The Hall–Kier alpha value is -2.77. The number of thiazole rings is 1. The number of anilines is 1. The van der Waals surface area contributed by atoms with Crippen LogP contribution in [0.15, 0.2) is 41.8 Å². The van der Waals surface area contributed by atoms with Crippen LogP contribution < -0.4 is 9.80 Å². The van der Waals surface area contributed by atoms with Gasteiger partial charge in [0, 0.05) is 16.5 Å². The zero-order chi connectivity index (χ0) is 20.0. The maximum absolute atomic E-state index is 13.0. The third kappa shape index (κ3) is 3.30. The van der Waals surface area contributed by atoms with Crippen LogP contribution in [0.5, 0.6) is 0 Å². The predicted molar refractivity (Wildman–Crippen MR) is 113 cm³/mol. The van der Waals surface area contributed by atoms with E-state index >= 15 is 0 Å². The van der Waals surface area contributed by atoms with Gasteiger partial charge in [-0.15, -0.1) is 11.3 Å². The molecule has 148 valence electrons. The molecule has 2 aliphatic rings. The molecule has 29 heavy (non-hydrogen) atoms. The molecule has 0 spiro atoms. The summed E-state index contributed by atoms with van der Waals surface area (Å²) in [7, 11) is 0. The van der Waals surface area contributed by atoms with Crippen molar-refractivity contribution < 1.29 is 14.5 Å². The molecule has 3 heterocycles. The van der Waals surface area contributed by atoms with Crippen LogP contribution in [0.25, 0.3) is 10.8 Å². The third-order valence-electron chi connectivity index (χ3n) is 5.82. The van der Waals surface area contributed by atoms with Gasteiger partial charge in [-0.1, -0.05) is 24.3 Å². The van der Waals surface area contributed by atoms with E-state index in [4.69, 9.17) is 0 Å². The van der Waals surface area contributed by atoms with Crippen LogP contribution in [0.3, 0.4) is 0 Å². The molecule has 0 saturated carbocycles. The topological polar surface area (TPSA) is 58.0 Å². The number of quaternary nitrogens is 1. The van der Waals surface area contributed by atoms with Gasteiger partial charge in [0.25, 0.3) is 5.91 Å². The van der Waals surface area contributed by atoms with Gasteiger partial charge in [-0.05, 0) is 24.4 Å². The Morgan fingerprint density at radius 1 is 1.17 bits per heavy atom. The van der Waals surface area contributed by atoms with Crippen LogP contribution >= 0.6 is 11.3 Å². The van der Waals surface area contributed by atoms with Crippen molar-refractivity contribution in [2.45, 2.75) is 13.3 Å². The minimum atomic E-state index is 0.0851. The van der Waals surface area contributed by atoms with Crippen molar-refractivity contribution in [1.29, 1.82) is 0 Å². The fourth-order valence-corrected chi connectivity index (χ4v) is 5.08. The smallest absolute Gasteiger partial charge is 0.263 e. The number of aryl methyl sites for hydroxylation is 1. The highest BCUT2D eigenvalue weighted by molar-refractivity contribution is 7.09. The van der Waals surface area contributed by atoms with Crippen LogP contribution in [0, 0.1) is 6.92 Å². The molecular formula is C22H23N4O2S+. The van der Waals surface area contributed by atoms with Crippen molar-refractivity contribution in [3.8, 4) is 0 Å². The van der Waals surface area contributed by atoms with Crippen LogP contribution in [0.1, 0.15) is 21.1 Å². The van der Waals surface area contributed by atoms with E-state index in [-0.39, 0.29) is 11.8 Å². The SMILES string of the molecule is Cc1csc(CC(=O)N2CC[NH+](CN3C(=O)c4cccc5cccc3c45)CC2)n1. The summed E-state index contributed by atoms with van der Waals surface area (Å²) in [6, 6.07) is 12.0. The largest absolute Gasteiger partial charge is 0.331 e. The second kappa shape index (κ2) is 7.24. The molecule has 7 heteroatoms. The number of carbonyl (C=O) groups is 2. The van der Waals surface area contributed by atoms with Crippen molar-refractivity contribution in [1.82, 2.24) is 9.88 Å². The van der Waals surface area contributed by atoms with E-state index in [1.165, 1.54) is 4.90 Å². The minimum absolute atomic E-state index is 0.0851. The molecule has 0 radical (unpaired) electrons. The summed E-state index contributed by atoms with van der Waals surface area (Å²) in [5.74, 6) is 0.231. The molecule has 0 bridgehead atoms. The molecule has 5 rings (SSSR count). The number of nitrogens with one attached hydrogen (secondary N) is 1. The Kier molecular flexibility index (Phi) is 4.56. The monoisotopic (exact) mass is 407 g/mol. The predicted octanol–water partition coefficient (Wildman–Crippen LogP) is 1.49. The Balaban J connectivity index is 1.23. The molecule has 1 fully saturated rings. The maximum atomic E-state index is 13.0. The van der Waals surface area contributed by atoms with Crippen molar-refractivity contribution in [3.63, 3.8) is 0 Å². The molecule has 1 N–H and O–H groups in total. The first kappa shape index (κ1) is 18.3. The Morgan fingerprint density at radius 2 is 1.93 bits per heavy atom. The second-order valence-corrected chi connectivity index (χ2v) is 8.70. The lowest BCUT2D eigenvalue weighted by molar-refractivity contribution is -0.902. The third-order valence-corrected chi connectivity index (χ3v) is 6.79. The summed E-state index contributed by atoms with van der Waals surface area (Å²) in [5.41, 5.74) is 2.77. The first-order chi connectivity index (χ1) is 14.1. The van der Waals surface area contributed by atoms with E-state index in [0.717, 1.165) is 58.9 Å². The van der Waals surface area contributed by atoms with Crippen molar-refractivity contribution >= 4 is 39.6 Å². The molecule has 0 unspecified atom stereocenters. The van der Waals surface area contributed by atoms with Crippen LogP contribution in [-0.2, 0) is 11.2 Å². The highest BCUT2D eigenvalue weighted by Crippen LogP contribution is 2.36. The molecule has 1 saturated heterocycles. The molecule has 0 aliphatic carbocycles. The van der Waals surface area contributed by atoms with E-state index in [1.54, 1.807) is 11.3 Å². The van der Waals surface area contributed by atoms with Crippen LogP contribution in [0.4, 0.5) is 5.69 Å². The molecule has 3 aromatic rings. The van der Waals surface area contributed by atoms with E-state index in [0.29, 0.717) is 13.1 Å². The Labute approximate surface area is 173 Å². The summed E-state index contributed by atoms with van der Waals surface area (Å²) in [6.45, 7) is 5.72. The first-order valence-electron chi connectivity index (χ1n) is 9.96. The normalized spacial score (nSPS) is 16.8. The number of nitrogens with zero attached hydrogens (tertiary/aromatic N) is 3. The second-order valence-electron chi connectivity index (χ2n) is 7.76. The molecule has 2 amide bonds. The van der Waals surface area contributed by atoms with Gasteiger partial charge in [0.1, 0.15) is 5.01 Å². The van der Waals surface area contributed by atoms with Gasteiger partial charge < -0.3 is 9.80 Å². The summed E-state index contributed by atoms with van der Waals surface area (Å²) in [5, 5.41) is 5.04. The first-order valence-corrected chi connectivity index (χ1v) is 10.8. The molecule has 6 nitrogen and oxygen atoms in total. The lowest BCUT2D eigenvalue weighted by Gasteiger charge is -2.34. The fourth-order valence-electron chi connectivity index (χ4n) is 4.32. The highest BCUT2D eigenvalue weighted by Gasteiger charge is 2.33. The van der Waals surface area contributed by atoms with E-state index in [9.17, 15) is 9.59 Å². The summed E-state index contributed by atoms with van der Waals surface area (Å²) >= 11 is 1.55. The van der Waals surface area contributed by atoms with Gasteiger partial charge in [-0.3, -0.25) is 14.5 Å². The van der Waals surface area contributed by atoms with Crippen molar-refractivity contribution in [2.75, 3.05) is 37.7 Å². The lowest BCUT2D eigenvalue weighted by Crippen LogP contribution is -3.16. The van der Waals surface area contributed by atoms with Gasteiger partial charge in [-0.2, -0.15) is 0 Å². The Bertz CT molecular complexity index is 1100. The standard InChI is InChI=1S/C22H22N4O2S/c1-15-13-29-19(23-15)12-20(27)25-10-8-24(9-11-25)14-26-18-7-3-5-16-4-2-6-17(21(16)18)22(26)28/h2-7,13H,8-12,14H2,1H3/p+1. The van der Waals surface area contributed by atoms with E-state index in [1.807, 2.05) is 46.4 Å². The number of carbonyl (C=O) groups excluding carboxylic acids is 2. The maximum Gasteiger partial charge on any atom is 0.263 e. The zero-order valence-corrected chi connectivity index (χ0v) is 17.2. The number of hydrogen-bond acceptors (Lipinski definition) is 4. The van der Waals surface area contributed by atoms with Gasteiger partial charge in [0.2, 0.25) is 5.91 Å². The quantitative estimate of drug-likeness (QED) is 0.713. The molecule has 2 aromatic carbocycles. The number of aromatic nitrogens is 1. The molecular weight excluding hydrogens is 384 g/mol. The average molecular weight is 408 g/mol. The Morgan fingerprint density at radius 3 is 2.66 bits per heavy atom. The van der Waals surface area contributed by atoms with E-state index < -0.39 is 0 Å². The zero-order valence-electron chi connectivity index (χ0n) is 16.4. The van der Waals surface area contributed by atoms with Gasteiger partial charge in [0.15, 0.2) is 6.67 Å². The van der Waals surface area contributed by atoms with Crippen molar-refractivity contribution in [3.05, 3.63) is 58.0 Å². The van der Waals surface area contributed by atoms with Gasteiger partial charge in [0.05, 0.1) is 43.9 Å². The molecule has 0 atom stereocenters. The average Bonchev–Trinajstić information content (AvgIpc) is 3.26. The van der Waals surface area contributed by atoms with Crippen LogP contribution in [0.2, 0.25) is 0 Å². The number of hydrogen-bond donors (Lipinski definition) is 1. The highest BCUT2D eigenvalue weighted by atomic mass is 32.1. The number of benzene rings is 2. The number of piperazine rings is 1. The van der Waals surface area contributed by atoms with Crippen LogP contribution in [-0.4, -0.2) is 54.5 Å². The summed E-state index contributed by atoms with van der Waals surface area (Å²) in [4.78, 5) is 35.1. The van der Waals surface area contributed by atoms with E-state index in [2.05, 4.69) is 17.1 Å². The van der Waals surface area contributed by atoms with Gasteiger partial charge >= 0.3 is 0 Å².